The number of phenols is 2. The standard InChI is InChI=1S/C30H44O6/c1-16(2)35-26(19-11-13-21(31)22(32)15-19)27(28(33)34)36-20-12-10-18(14-20)23-24(29(4,5)6)17(3)25(23)30(7,8)9/h11,13,15,17-18,20,23-25,31-32H,1,10,12,14H2,2-9H3,(H,33,34)/b27-26+. The zero-order valence-electron chi connectivity index (χ0n) is 23.1. The monoisotopic (exact) mass is 500 g/mol. The van der Waals surface area contributed by atoms with Crippen molar-refractivity contribution in [1.82, 2.24) is 0 Å². The van der Waals surface area contributed by atoms with Crippen molar-refractivity contribution in [1.29, 1.82) is 0 Å². The van der Waals surface area contributed by atoms with Crippen molar-refractivity contribution < 1.29 is 29.6 Å². The Morgan fingerprint density at radius 3 is 2.06 bits per heavy atom. The van der Waals surface area contributed by atoms with Crippen molar-refractivity contribution in [2.75, 3.05) is 0 Å². The molecule has 6 heteroatoms. The van der Waals surface area contributed by atoms with Gasteiger partial charge in [0.25, 0.3) is 0 Å². The van der Waals surface area contributed by atoms with Crippen LogP contribution in [0.4, 0.5) is 0 Å². The molecular weight excluding hydrogens is 456 g/mol. The first-order valence-electron chi connectivity index (χ1n) is 13.0. The summed E-state index contributed by atoms with van der Waals surface area (Å²) < 4.78 is 11.8. The van der Waals surface area contributed by atoms with E-state index in [1.807, 2.05) is 0 Å². The van der Waals surface area contributed by atoms with Gasteiger partial charge in [-0.2, -0.15) is 0 Å². The highest BCUT2D eigenvalue weighted by atomic mass is 16.5. The lowest BCUT2D eigenvalue weighted by atomic mass is 9.42. The molecule has 0 amide bonds. The van der Waals surface area contributed by atoms with Gasteiger partial charge in [-0.05, 0) is 84.8 Å². The number of aromatic hydroxyl groups is 2. The molecule has 2 aliphatic rings. The maximum Gasteiger partial charge on any atom is 0.375 e. The number of carboxylic acids is 1. The average Bonchev–Trinajstić information content (AvgIpc) is 3.16. The van der Waals surface area contributed by atoms with Gasteiger partial charge in [0.05, 0.1) is 11.9 Å². The summed E-state index contributed by atoms with van der Waals surface area (Å²) in [7, 11) is 0. The van der Waals surface area contributed by atoms with Gasteiger partial charge in [0, 0.05) is 5.56 Å². The van der Waals surface area contributed by atoms with Gasteiger partial charge in [-0.15, -0.1) is 0 Å². The summed E-state index contributed by atoms with van der Waals surface area (Å²) in [5.41, 5.74) is 0.703. The molecule has 0 heterocycles. The van der Waals surface area contributed by atoms with Crippen LogP contribution in [0.25, 0.3) is 5.76 Å². The molecule has 3 N–H and O–H groups in total. The first-order valence-corrected chi connectivity index (χ1v) is 13.0. The van der Waals surface area contributed by atoms with Crippen LogP contribution in [0.1, 0.15) is 80.2 Å². The van der Waals surface area contributed by atoms with E-state index in [0.717, 1.165) is 19.3 Å². The van der Waals surface area contributed by atoms with Crippen LogP contribution in [0.3, 0.4) is 0 Å². The number of carbonyl (C=O) groups is 1. The van der Waals surface area contributed by atoms with Crippen LogP contribution in [0.2, 0.25) is 0 Å². The molecule has 2 fully saturated rings. The van der Waals surface area contributed by atoms with Gasteiger partial charge in [-0.3, -0.25) is 0 Å². The molecule has 0 aliphatic heterocycles. The fourth-order valence-corrected chi connectivity index (χ4v) is 7.19. The molecule has 4 atom stereocenters. The van der Waals surface area contributed by atoms with E-state index in [-0.39, 0.29) is 51.3 Å². The number of benzene rings is 1. The predicted octanol–water partition coefficient (Wildman–Crippen LogP) is 7.18. The summed E-state index contributed by atoms with van der Waals surface area (Å²) >= 11 is 0. The van der Waals surface area contributed by atoms with E-state index in [0.29, 0.717) is 29.6 Å². The lowest BCUT2D eigenvalue weighted by molar-refractivity contribution is -0.153. The molecule has 0 aromatic heterocycles. The highest BCUT2D eigenvalue weighted by molar-refractivity contribution is 5.93. The number of allylic oxidation sites excluding steroid dienone is 1. The Bertz CT molecular complexity index is 1000. The fraction of sp³-hybridized carbons (Fsp3) is 0.633. The van der Waals surface area contributed by atoms with Gasteiger partial charge >= 0.3 is 5.97 Å². The summed E-state index contributed by atoms with van der Waals surface area (Å²) in [6.07, 6.45) is 2.34. The van der Waals surface area contributed by atoms with Crippen molar-refractivity contribution in [2.24, 2.45) is 40.4 Å². The fourth-order valence-electron chi connectivity index (χ4n) is 7.19. The molecule has 200 valence electrons. The molecule has 0 spiro atoms. The summed E-state index contributed by atoms with van der Waals surface area (Å²) in [5, 5.41) is 29.7. The second kappa shape index (κ2) is 10.0. The lowest BCUT2D eigenvalue weighted by Crippen LogP contribution is -2.58. The third-order valence-electron chi connectivity index (χ3n) is 8.13. The van der Waals surface area contributed by atoms with E-state index in [9.17, 15) is 20.1 Å². The van der Waals surface area contributed by atoms with Gasteiger partial charge in [0.2, 0.25) is 5.76 Å². The van der Waals surface area contributed by atoms with Gasteiger partial charge in [0.1, 0.15) is 0 Å². The zero-order valence-corrected chi connectivity index (χ0v) is 23.1. The highest BCUT2D eigenvalue weighted by Gasteiger charge is 2.59. The lowest BCUT2D eigenvalue weighted by Gasteiger charge is -2.63. The maximum absolute atomic E-state index is 12.3. The molecule has 0 radical (unpaired) electrons. The first kappa shape index (κ1) is 27.9. The number of hydrogen-bond acceptors (Lipinski definition) is 5. The van der Waals surface area contributed by atoms with E-state index < -0.39 is 5.97 Å². The van der Waals surface area contributed by atoms with E-state index in [1.165, 1.54) is 18.2 Å². The Balaban J connectivity index is 1.90. The minimum absolute atomic E-state index is 0.0360. The van der Waals surface area contributed by atoms with E-state index in [4.69, 9.17) is 9.47 Å². The molecule has 1 aromatic rings. The van der Waals surface area contributed by atoms with Crippen molar-refractivity contribution >= 4 is 11.7 Å². The number of phenolic OH excluding ortho intramolecular Hbond substituents is 2. The van der Waals surface area contributed by atoms with Gasteiger partial charge in [-0.1, -0.05) is 55.0 Å². The maximum atomic E-state index is 12.3. The number of aliphatic carboxylic acids is 1. The third-order valence-corrected chi connectivity index (χ3v) is 8.13. The van der Waals surface area contributed by atoms with Crippen LogP contribution in [-0.2, 0) is 14.3 Å². The van der Waals surface area contributed by atoms with Gasteiger partial charge < -0.3 is 24.8 Å². The molecule has 2 saturated carbocycles. The van der Waals surface area contributed by atoms with Crippen LogP contribution in [0.5, 0.6) is 11.5 Å². The smallest absolute Gasteiger partial charge is 0.375 e. The van der Waals surface area contributed by atoms with E-state index >= 15 is 0 Å². The van der Waals surface area contributed by atoms with Crippen molar-refractivity contribution in [3.05, 3.63) is 41.9 Å². The quantitative estimate of drug-likeness (QED) is 0.208. The van der Waals surface area contributed by atoms with E-state index in [2.05, 4.69) is 55.0 Å². The molecule has 0 saturated heterocycles. The summed E-state index contributed by atoms with van der Waals surface area (Å²) in [6.45, 7) is 21.8. The SMILES string of the molecule is C=C(C)O/C(=C(/OC1CCC(C2C(C(C)(C)C)C(C)C2C(C)(C)C)C1)C(=O)O)c1ccc(O)c(O)c1. The summed E-state index contributed by atoms with van der Waals surface area (Å²) in [6, 6.07) is 4.03. The minimum Gasteiger partial charge on any atom is -0.504 e. The molecule has 6 nitrogen and oxygen atoms in total. The largest absolute Gasteiger partial charge is 0.504 e. The number of ether oxygens (including phenoxy) is 2. The molecule has 0 bridgehead atoms. The van der Waals surface area contributed by atoms with Crippen LogP contribution >= 0.6 is 0 Å². The highest BCUT2D eigenvalue weighted by Crippen LogP contribution is 2.64. The molecule has 36 heavy (non-hydrogen) atoms. The predicted molar refractivity (Wildman–Crippen MR) is 141 cm³/mol. The Labute approximate surface area is 216 Å². The van der Waals surface area contributed by atoms with Crippen LogP contribution in [-0.4, -0.2) is 27.4 Å². The Morgan fingerprint density at radius 2 is 1.58 bits per heavy atom. The van der Waals surface area contributed by atoms with Crippen molar-refractivity contribution in [3.8, 4) is 11.5 Å². The van der Waals surface area contributed by atoms with Crippen molar-refractivity contribution in [3.63, 3.8) is 0 Å². The first-order chi connectivity index (χ1) is 16.5. The third kappa shape index (κ3) is 5.68. The molecule has 1 aromatic carbocycles. The number of carboxylic acid groups (broad SMARTS) is 1. The Morgan fingerprint density at radius 1 is 1.00 bits per heavy atom. The summed E-state index contributed by atoms with van der Waals surface area (Å²) in [4.78, 5) is 12.3. The van der Waals surface area contributed by atoms with Crippen LogP contribution in [0.15, 0.2) is 36.3 Å². The van der Waals surface area contributed by atoms with Gasteiger partial charge in [0.15, 0.2) is 17.3 Å². The second-order valence-electron chi connectivity index (χ2n) is 13.0. The second-order valence-corrected chi connectivity index (χ2v) is 13.0. The van der Waals surface area contributed by atoms with Crippen LogP contribution < -0.4 is 0 Å². The number of rotatable bonds is 7. The Kier molecular flexibility index (Phi) is 7.78. The topological polar surface area (TPSA) is 96.2 Å². The van der Waals surface area contributed by atoms with Gasteiger partial charge in [-0.25, -0.2) is 4.79 Å². The Hall–Kier alpha value is -2.63. The molecule has 3 rings (SSSR count). The molecular formula is C30H44O6. The normalized spacial score (nSPS) is 29.2. The number of hydrogen-bond donors (Lipinski definition) is 3. The van der Waals surface area contributed by atoms with Crippen molar-refractivity contribution in [2.45, 2.75) is 80.8 Å². The van der Waals surface area contributed by atoms with E-state index in [1.54, 1.807) is 6.92 Å². The molecule has 4 unspecified atom stereocenters. The molecule has 2 aliphatic carbocycles. The average molecular weight is 501 g/mol. The minimum atomic E-state index is -1.25. The zero-order chi connectivity index (χ0) is 27.2. The van der Waals surface area contributed by atoms with Crippen LogP contribution in [0, 0.1) is 40.4 Å². The summed E-state index contributed by atoms with van der Waals surface area (Å²) in [5.74, 6) is 0.925.